The number of benzene rings is 1. The number of carbonyl (C=O) groups excluding carboxylic acids is 2. The largest absolute Gasteiger partial charge is 0.479 e. The van der Waals surface area contributed by atoms with Gasteiger partial charge in [-0.1, -0.05) is 30.3 Å². The monoisotopic (exact) mass is 338 g/mol. The van der Waals surface area contributed by atoms with Crippen molar-refractivity contribution in [1.82, 2.24) is 10.2 Å². The zero-order valence-corrected chi connectivity index (χ0v) is 12.7. The Morgan fingerprint density at radius 1 is 1.26 bits per heavy atom. The number of carbonyl (C=O) groups is 3. The number of hydrogen-bond acceptors (Lipinski definition) is 5. The van der Waals surface area contributed by atoms with Crippen molar-refractivity contribution in [1.29, 1.82) is 0 Å². The molecule has 0 aliphatic carbocycles. The van der Waals surface area contributed by atoms with Crippen LogP contribution in [0.5, 0.6) is 0 Å². The zero-order chi connectivity index (χ0) is 16.8. The van der Waals surface area contributed by atoms with Crippen LogP contribution in [0.1, 0.15) is 5.56 Å². The van der Waals surface area contributed by atoms with Gasteiger partial charge in [0.05, 0.1) is 18.2 Å². The summed E-state index contributed by atoms with van der Waals surface area (Å²) in [6.07, 6.45) is 0.0620. The number of nitrogens with zero attached hydrogens (tertiary/aromatic N) is 1. The Hall–Kier alpha value is -2.42. The van der Waals surface area contributed by atoms with E-state index in [9.17, 15) is 22.8 Å². The lowest BCUT2D eigenvalue weighted by atomic mass is 9.96. The molecule has 0 spiro atoms. The van der Waals surface area contributed by atoms with Gasteiger partial charge in [0.15, 0.2) is 9.84 Å². The summed E-state index contributed by atoms with van der Waals surface area (Å²) < 4.78 is 23.7. The summed E-state index contributed by atoms with van der Waals surface area (Å²) in [5, 5.41) is 9.64. The maximum atomic E-state index is 12.0. The summed E-state index contributed by atoms with van der Waals surface area (Å²) in [4.78, 5) is 35.9. The molecule has 3 rings (SSSR count). The first kappa shape index (κ1) is 15.5. The van der Waals surface area contributed by atoms with Crippen LogP contribution in [0.25, 0.3) is 0 Å². The van der Waals surface area contributed by atoms with E-state index < -0.39 is 50.8 Å². The molecule has 2 aliphatic heterocycles. The van der Waals surface area contributed by atoms with Crippen molar-refractivity contribution in [3.63, 3.8) is 0 Å². The number of amides is 2. The van der Waals surface area contributed by atoms with E-state index in [0.29, 0.717) is 0 Å². The fraction of sp³-hybridized carbons (Fsp3) is 0.357. The van der Waals surface area contributed by atoms with Crippen LogP contribution in [-0.2, 0) is 30.6 Å². The van der Waals surface area contributed by atoms with Crippen LogP contribution in [0.15, 0.2) is 30.3 Å². The minimum Gasteiger partial charge on any atom is -0.479 e. The minimum absolute atomic E-state index is 0.0620. The third-order valence-electron chi connectivity index (χ3n) is 3.99. The zero-order valence-electron chi connectivity index (χ0n) is 11.9. The van der Waals surface area contributed by atoms with E-state index in [1.807, 2.05) is 6.07 Å². The molecule has 2 heterocycles. The van der Waals surface area contributed by atoms with Gasteiger partial charge in [-0.2, -0.15) is 0 Å². The Morgan fingerprint density at radius 3 is 2.52 bits per heavy atom. The molecule has 2 aliphatic rings. The molecule has 122 valence electrons. The van der Waals surface area contributed by atoms with Crippen LogP contribution in [0.4, 0.5) is 0 Å². The van der Waals surface area contributed by atoms with Crippen molar-refractivity contribution in [3.05, 3.63) is 35.9 Å². The average Bonchev–Trinajstić information content (AvgIpc) is 2.74. The highest BCUT2D eigenvalue weighted by molar-refractivity contribution is 7.93. The molecule has 2 fully saturated rings. The second kappa shape index (κ2) is 5.34. The number of nitrogens with one attached hydrogen (secondary N) is 1. The quantitative estimate of drug-likeness (QED) is 0.663. The molecular weight excluding hydrogens is 324 g/mol. The third-order valence-corrected chi connectivity index (χ3v) is 5.91. The van der Waals surface area contributed by atoms with Crippen molar-refractivity contribution >= 4 is 27.6 Å². The average molecular weight is 338 g/mol. The van der Waals surface area contributed by atoms with Crippen LogP contribution in [-0.4, -0.2) is 59.4 Å². The molecule has 1 aromatic rings. The van der Waals surface area contributed by atoms with Crippen molar-refractivity contribution in [2.24, 2.45) is 0 Å². The van der Waals surface area contributed by atoms with Crippen LogP contribution in [0.2, 0.25) is 0 Å². The first-order valence-corrected chi connectivity index (χ1v) is 8.62. The molecule has 3 atom stereocenters. The molecule has 2 N–H and O–H groups in total. The molecule has 0 unspecified atom stereocenters. The standard InChI is InChI=1S/C14H14N2O6S/c17-10(6-8-4-2-1-3-5-8)15-11-9-7-23(21,22)13(14(19)20)16(9)12(11)18/h1-5,9,11,13H,6-7H2,(H,15,17)(H,19,20)/t9-,11+,13+/m1/s1. The Morgan fingerprint density at radius 2 is 1.91 bits per heavy atom. The minimum atomic E-state index is -3.93. The summed E-state index contributed by atoms with van der Waals surface area (Å²) in [7, 11) is -3.93. The van der Waals surface area contributed by atoms with Crippen molar-refractivity contribution < 1.29 is 27.9 Å². The topological polar surface area (TPSA) is 121 Å². The predicted octanol–water partition coefficient (Wildman–Crippen LogP) is -1.24. The lowest BCUT2D eigenvalue weighted by Gasteiger charge is -2.42. The first-order valence-electron chi connectivity index (χ1n) is 6.91. The number of carboxylic acids is 1. The van der Waals surface area contributed by atoms with Crippen molar-refractivity contribution in [2.75, 3.05) is 5.75 Å². The molecule has 1 aromatic carbocycles. The molecule has 0 bridgehead atoms. The smallest absolute Gasteiger partial charge is 0.342 e. The first-order chi connectivity index (χ1) is 10.8. The summed E-state index contributed by atoms with van der Waals surface area (Å²) >= 11 is 0. The van der Waals surface area contributed by atoms with Gasteiger partial charge in [0.2, 0.25) is 17.2 Å². The molecule has 2 saturated heterocycles. The fourth-order valence-electron chi connectivity index (χ4n) is 2.97. The third kappa shape index (κ3) is 2.56. The normalized spacial score (nSPS) is 27.9. The van der Waals surface area contributed by atoms with Gasteiger partial charge in [-0.05, 0) is 5.56 Å². The number of carboxylic acid groups (broad SMARTS) is 1. The van der Waals surface area contributed by atoms with E-state index in [2.05, 4.69) is 5.32 Å². The van der Waals surface area contributed by atoms with Gasteiger partial charge in [-0.25, -0.2) is 13.2 Å². The van der Waals surface area contributed by atoms with E-state index in [1.165, 1.54) is 0 Å². The number of rotatable bonds is 4. The highest BCUT2D eigenvalue weighted by Gasteiger charge is 2.63. The maximum Gasteiger partial charge on any atom is 0.342 e. The molecule has 0 aromatic heterocycles. The van der Waals surface area contributed by atoms with E-state index in [0.717, 1.165) is 10.5 Å². The number of fused-ring (bicyclic) bond motifs is 1. The summed E-state index contributed by atoms with van der Waals surface area (Å²) in [6, 6.07) is 7.09. The Bertz CT molecular complexity index is 776. The van der Waals surface area contributed by atoms with Gasteiger partial charge in [0.25, 0.3) is 0 Å². The van der Waals surface area contributed by atoms with E-state index in [4.69, 9.17) is 5.11 Å². The second-order valence-corrected chi connectivity index (χ2v) is 7.65. The van der Waals surface area contributed by atoms with E-state index in [-0.39, 0.29) is 6.42 Å². The lowest BCUT2D eigenvalue weighted by Crippen LogP contribution is -2.71. The molecule has 0 radical (unpaired) electrons. The number of hydrogen-bond donors (Lipinski definition) is 2. The predicted molar refractivity (Wildman–Crippen MR) is 77.9 cm³/mol. The number of β-lactam (4-membered cyclic amide) rings is 1. The molecular formula is C14H14N2O6S. The summed E-state index contributed by atoms with van der Waals surface area (Å²) in [5.74, 6) is -3.11. The highest BCUT2D eigenvalue weighted by atomic mass is 32.2. The highest BCUT2D eigenvalue weighted by Crippen LogP contribution is 2.34. The molecule has 2 amide bonds. The van der Waals surface area contributed by atoms with Gasteiger partial charge in [0, 0.05) is 0 Å². The van der Waals surface area contributed by atoms with Crippen LogP contribution in [0, 0.1) is 0 Å². The Labute approximate surface area is 132 Å². The van der Waals surface area contributed by atoms with E-state index in [1.54, 1.807) is 24.3 Å². The van der Waals surface area contributed by atoms with Gasteiger partial charge in [-0.15, -0.1) is 0 Å². The summed E-state index contributed by atoms with van der Waals surface area (Å²) in [5.41, 5.74) is 0.760. The van der Waals surface area contributed by atoms with Gasteiger partial charge >= 0.3 is 5.97 Å². The van der Waals surface area contributed by atoms with Crippen LogP contribution < -0.4 is 5.32 Å². The van der Waals surface area contributed by atoms with Crippen LogP contribution in [0.3, 0.4) is 0 Å². The van der Waals surface area contributed by atoms with Crippen LogP contribution >= 0.6 is 0 Å². The van der Waals surface area contributed by atoms with E-state index >= 15 is 0 Å². The van der Waals surface area contributed by atoms with Crippen molar-refractivity contribution in [3.8, 4) is 0 Å². The van der Waals surface area contributed by atoms with Crippen molar-refractivity contribution in [2.45, 2.75) is 23.9 Å². The SMILES string of the molecule is O=C(Cc1ccccc1)N[C@@H]1C(=O)N2[C@@H]1CS(=O)(=O)[C@H]2C(=O)O. The lowest BCUT2D eigenvalue weighted by molar-refractivity contribution is -0.159. The Kier molecular flexibility index (Phi) is 3.59. The van der Waals surface area contributed by atoms with Gasteiger partial charge in [-0.3, -0.25) is 9.59 Å². The molecule has 9 heteroatoms. The second-order valence-electron chi connectivity index (χ2n) is 5.54. The molecule has 23 heavy (non-hydrogen) atoms. The number of sulfone groups is 1. The van der Waals surface area contributed by atoms with Gasteiger partial charge in [0.1, 0.15) is 6.04 Å². The molecule has 8 nitrogen and oxygen atoms in total. The maximum absolute atomic E-state index is 12.0. The molecule has 0 saturated carbocycles. The number of aliphatic carboxylic acids is 1. The fourth-order valence-corrected chi connectivity index (χ4v) is 4.90. The Balaban J connectivity index is 1.69. The summed E-state index contributed by atoms with van der Waals surface area (Å²) in [6.45, 7) is 0. The van der Waals surface area contributed by atoms with Gasteiger partial charge < -0.3 is 15.3 Å².